The molecule has 0 amide bonds. The highest BCUT2D eigenvalue weighted by Gasteiger charge is 2.27. The summed E-state index contributed by atoms with van der Waals surface area (Å²) in [6.45, 7) is 0. The highest BCUT2D eigenvalue weighted by molar-refractivity contribution is 7.25. The Bertz CT molecular complexity index is 4530. The largest absolute Gasteiger partial charge is 0.454 e. The van der Waals surface area contributed by atoms with Crippen molar-refractivity contribution in [2.75, 3.05) is 0 Å². The average Bonchev–Trinajstić information content (AvgIpc) is 4.19. The first kappa shape index (κ1) is 38.9. The lowest BCUT2D eigenvalue weighted by Crippen LogP contribution is -2.01. The van der Waals surface area contributed by atoms with Gasteiger partial charge in [0.25, 0.3) is 0 Å². The number of furan rings is 1. The molecular weight excluding hydrogens is 875 g/mol. The first-order valence-electron chi connectivity index (χ1n) is 23.5. The van der Waals surface area contributed by atoms with E-state index in [2.05, 4.69) is 167 Å². The molecule has 0 aliphatic rings. The molecule has 0 unspecified atom stereocenters. The molecule has 326 valence electrons. The molecule has 15 aromatic rings. The minimum Gasteiger partial charge on any atom is -0.454 e. The van der Waals surface area contributed by atoms with Crippen LogP contribution >= 0.6 is 11.3 Å². The van der Waals surface area contributed by atoms with E-state index in [9.17, 15) is 0 Å². The third-order valence-electron chi connectivity index (χ3n) is 14.0. The monoisotopic (exact) mass is 911 g/mol. The van der Waals surface area contributed by atoms with Gasteiger partial charge < -0.3 is 13.6 Å². The van der Waals surface area contributed by atoms with Gasteiger partial charge in [-0.25, -0.2) is 15.0 Å². The molecule has 0 spiro atoms. The summed E-state index contributed by atoms with van der Waals surface area (Å²) in [5, 5.41) is 9.15. The van der Waals surface area contributed by atoms with Crippen LogP contribution in [0.25, 0.3) is 142 Å². The van der Waals surface area contributed by atoms with E-state index < -0.39 is 0 Å². The van der Waals surface area contributed by atoms with Crippen molar-refractivity contribution < 1.29 is 4.42 Å². The summed E-state index contributed by atoms with van der Waals surface area (Å²) in [5.74, 6) is 1.79. The number of para-hydroxylation sites is 4. The van der Waals surface area contributed by atoms with Crippen molar-refractivity contribution in [3.63, 3.8) is 0 Å². The molecule has 70 heavy (non-hydrogen) atoms. The second-order valence-corrected chi connectivity index (χ2v) is 19.0. The fraction of sp³-hybridized carbons (Fsp3) is 0. The molecule has 0 N–H and O–H groups in total. The van der Waals surface area contributed by atoms with Crippen LogP contribution in [-0.2, 0) is 0 Å². The fourth-order valence-corrected chi connectivity index (χ4v) is 12.0. The van der Waals surface area contributed by atoms with Gasteiger partial charge in [0.05, 0.1) is 27.8 Å². The van der Waals surface area contributed by atoms with Crippen molar-refractivity contribution in [1.82, 2.24) is 24.1 Å². The quantitative estimate of drug-likeness (QED) is 0.167. The Morgan fingerprint density at radius 3 is 1.69 bits per heavy atom. The zero-order chi connectivity index (χ0) is 45.9. The van der Waals surface area contributed by atoms with Gasteiger partial charge in [0.15, 0.2) is 23.1 Å². The van der Waals surface area contributed by atoms with E-state index in [1.807, 2.05) is 78.1 Å². The fourth-order valence-electron chi connectivity index (χ4n) is 10.9. The topological polar surface area (TPSA) is 61.7 Å². The summed E-state index contributed by atoms with van der Waals surface area (Å²) >= 11 is 1.85. The molecule has 5 heterocycles. The molecule has 15 rings (SSSR count). The van der Waals surface area contributed by atoms with Crippen molar-refractivity contribution in [2.45, 2.75) is 0 Å². The number of hydrogen-bond acceptors (Lipinski definition) is 5. The highest BCUT2D eigenvalue weighted by atomic mass is 32.1. The Morgan fingerprint density at radius 1 is 0.357 bits per heavy atom. The smallest absolute Gasteiger partial charge is 0.164 e. The minimum atomic E-state index is 0.575. The molecule has 0 atom stereocenters. The number of fused-ring (bicyclic) bond motifs is 13. The molecule has 0 aliphatic carbocycles. The van der Waals surface area contributed by atoms with Gasteiger partial charge in [-0.3, -0.25) is 0 Å². The van der Waals surface area contributed by atoms with E-state index >= 15 is 0 Å². The molecule has 0 aliphatic heterocycles. The van der Waals surface area contributed by atoms with Crippen molar-refractivity contribution in [1.29, 1.82) is 0 Å². The number of aromatic nitrogens is 5. The maximum Gasteiger partial charge on any atom is 0.164 e. The van der Waals surface area contributed by atoms with E-state index in [-0.39, 0.29) is 0 Å². The molecule has 7 heteroatoms. The summed E-state index contributed by atoms with van der Waals surface area (Å²) < 4.78 is 14.6. The molecule has 0 radical (unpaired) electrons. The van der Waals surface area contributed by atoms with Gasteiger partial charge >= 0.3 is 0 Å². The Balaban J connectivity index is 1.08. The lowest BCUT2D eigenvalue weighted by atomic mass is 9.97. The molecule has 0 saturated heterocycles. The third kappa shape index (κ3) is 5.76. The normalized spacial score (nSPS) is 12.0. The van der Waals surface area contributed by atoms with Crippen molar-refractivity contribution in [3.8, 4) is 56.7 Å². The van der Waals surface area contributed by atoms with Crippen LogP contribution < -0.4 is 0 Å². The van der Waals surface area contributed by atoms with Gasteiger partial charge in [-0.15, -0.1) is 11.3 Å². The van der Waals surface area contributed by atoms with Gasteiger partial charge in [-0.2, -0.15) is 0 Å². The van der Waals surface area contributed by atoms with E-state index in [1.165, 1.54) is 42.1 Å². The summed E-state index contributed by atoms with van der Waals surface area (Å²) in [7, 11) is 0. The lowest BCUT2D eigenvalue weighted by molar-refractivity contribution is 0.666. The van der Waals surface area contributed by atoms with Gasteiger partial charge in [-0.1, -0.05) is 158 Å². The van der Waals surface area contributed by atoms with Crippen LogP contribution in [0.3, 0.4) is 0 Å². The van der Waals surface area contributed by atoms with Gasteiger partial charge in [0.2, 0.25) is 0 Å². The SMILES string of the molecule is c1ccc(-c2nc(-c3ccccc3)nc(-c3ccc(-n4c5ccccc5c5cc(-c6ccc7sc8ccccc8c7c6)c6c(c7ccccc7n6-c6ccccc6)c54)c4oc5ccccc5c34)n2)cc1. The van der Waals surface area contributed by atoms with Crippen LogP contribution in [0.4, 0.5) is 0 Å². The Labute approximate surface area is 404 Å². The van der Waals surface area contributed by atoms with Crippen LogP contribution in [0.1, 0.15) is 0 Å². The lowest BCUT2D eigenvalue weighted by Gasteiger charge is -2.15. The van der Waals surface area contributed by atoms with Crippen LogP contribution in [0, 0.1) is 0 Å². The average molecular weight is 912 g/mol. The third-order valence-corrected chi connectivity index (χ3v) is 15.1. The number of benzene rings is 10. The molecule has 0 bridgehead atoms. The standard InChI is InChI=1S/C63H37N5OS/c1-4-18-38(19-5-1)61-64-62(39-20-6-2-7-21-39)66-63(65-61)46-33-34-52(60-56(46)45-27-12-16-30-53(45)69-60)68-50-28-14-10-24-42(50)49-37-47(40-32-35-55-48(36-40)43-25-13-17-31-54(43)70-55)58-57(59(49)68)44-26-11-15-29-51(44)67(58)41-22-8-3-9-23-41/h1-37H. The first-order valence-corrected chi connectivity index (χ1v) is 24.3. The number of hydrogen-bond donors (Lipinski definition) is 0. The van der Waals surface area contributed by atoms with Crippen LogP contribution in [0.15, 0.2) is 229 Å². The Kier molecular flexibility index (Phi) is 8.43. The van der Waals surface area contributed by atoms with Crippen LogP contribution in [0.5, 0.6) is 0 Å². The molecule has 0 fully saturated rings. The molecule has 0 saturated carbocycles. The second-order valence-electron chi connectivity index (χ2n) is 17.9. The minimum absolute atomic E-state index is 0.575. The summed E-state index contributed by atoms with van der Waals surface area (Å²) in [5.41, 5.74) is 13.1. The number of rotatable bonds is 6. The van der Waals surface area contributed by atoms with E-state index in [0.717, 1.165) is 82.8 Å². The maximum absolute atomic E-state index is 7.14. The predicted octanol–water partition coefficient (Wildman–Crippen LogP) is 17.0. The van der Waals surface area contributed by atoms with Crippen molar-refractivity contribution in [2.24, 2.45) is 0 Å². The van der Waals surface area contributed by atoms with E-state index in [0.29, 0.717) is 17.5 Å². The van der Waals surface area contributed by atoms with Gasteiger partial charge in [0.1, 0.15) is 5.58 Å². The zero-order valence-electron chi connectivity index (χ0n) is 37.4. The van der Waals surface area contributed by atoms with Gasteiger partial charge in [0, 0.05) is 80.4 Å². The van der Waals surface area contributed by atoms with Crippen LogP contribution in [0.2, 0.25) is 0 Å². The molecular formula is C63H37N5OS. The predicted molar refractivity (Wildman–Crippen MR) is 290 cm³/mol. The number of thiophene rings is 1. The first-order chi connectivity index (χ1) is 34.7. The molecule has 5 aromatic heterocycles. The molecule has 6 nitrogen and oxygen atoms in total. The van der Waals surface area contributed by atoms with Crippen LogP contribution in [-0.4, -0.2) is 24.1 Å². The second kappa shape index (κ2) is 15.2. The number of nitrogens with zero attached hydrogens (tertiary/aromatic N) is 5. The maximum atomic E-state index is 7.14. The van der Waals surface area contributed by atoms with Crippen molar-refractivity contribution in [3.05, 3.63) is 224 Å². The van der Waals surface area contributed by atoms with E-state index in [1.54, 1.807) is 0 Å². The van der Waals surface area contributed by atoms with E-state index in [4.69, 9.17) is 19.4 Å². The van der Waals surface area contributed by atoms with Crippen molar-refractivity contribution >= 4 is 97.1 Å². The summed E-state index contributed by atoms with van der Waals surface area (Å²) in [4.78, 5) is 15.5. The Morgan fingerprint density at radius 2 is 0.943 bits per heavy atom. The summed E-state index contributed by atoms with van der Waals surface area (Å²) in [6.07, 6.45) is 0. The summed E-state index contributed by atoms with van der Waals surface area (Å²) in [6, 6.07) is 79.7. The zero-order valence-corrected chi connectivity index (χ0v) is 38.2. The highest BCUT2D eigenvalue weighted by Crippen LogP contribution is 2.49. The van der Waals surface area contributed by atoms with Gasteiger partial charge in [-0.05, 0) is 72.3 Å². The Hall–Kier alpha value is -9.17. The molecule has 10 aromatic carbocycles.